The second-order valence-corrected chi connectivity index (χ2v) is 1.85. The normalized spacial score (nSPS) is 8.50. The molecule has 0 spiro atoms. The zero-order valence-electron chi connectivity index (χ0n) is 6.22. The molecule has 0 heterocycles. The van der Waals surface area contributed by atoms with Crippen molar-refractivity contribution in [3.05, 3.63) is 12.7 Å². The maximum absolute atomic E-state index is 10.4. The van der Waals surface area contributed by atoms with Crippen molar-refractivity contribution in [1.29, 1.82) is 0 Å². The molecule has 58 valence electrons. The highest BCUT2D eigenvalue weighted by atomic mass is 16.5. The number of ether oxygens (including phenoxy) is 1. The number of amides is 1. The van der Waals surface area contributed by atoms with Crippen molar-refractivity contribution in [2.45, 2.75) is 12.8 Å². The van der Waals surface area contributed by atoms with Crippen molar-refractivity contribution in [2.75, 3.05) is 13.7 Å². The molecular weight excluding hydrogens is 130 g/mol. The molecular formula is C7H13NO2. The molecule has 0 fully saturated rings. The number of hydrogen-bond acceptors (Lipinski definition) is 2. The molecule has 0 aliphatic heterocycles. The molecule has 0 atom stereocenters. The number of alkyl carbamates (subject to hydrolysis) is 1. The van der Waals surface area contributed by atoms with Gasteiger partial charge in [-0.05, 0) is 12.8 Å². The molecule has 3 nitrogen and oxygen atoms in total. The van der Waals surface area contributed by atoms with Crippen LogP contribution >= 0.6 is 0 Å². The third-order valence-electron chi connectivity index (χ3n) is 1.04. The first-order valence-electron chi connectivity index (χ1n) is 3.24. The van der Waals surface area contributed by atoms with Crippen LogP contribution in [0.25, 0.3) is 0 Å². The number of unbranched alkanes of at least 4 members (excludes halogenated alkanes) is 1. The molecule has 0 radical (unpaired) electrons. The minimum Gasteiger partial charge on any atom is -0.453 e. The third-order valence-corrected chi connectivity index (χ3v) is 1.04. The van der Waals surface area contributed by atoms with Gasteiger partial charge in [0.15, 0.2) is 0 Å². The molecule has 0 unspecified atom stereocenters. The fraction of sp³-hybridized carbons (Fsp3) is 0.571. The van der Waals surface area contributed by atoms with E-state index in [9.17, 15) is 4.79 Å². The third kappa shape index (κ3) is 5.15. The Kier molecular flexibility index (Phi) is 5.53. The first kappa shape index (κ1) is 9.01. The molecule has 0 aromatic heterocycles. The van der Waals surface area contributed by atoms with Gasteiger partial charge in [-0.2, -0.15) is 0 Å². The standard InChI is InChI=1S/C7H13NO2/c1-3-4-5-6-8-7(9)10-2/h3H,1,4-6H2,2H3,(H,8,9). The summed E-state index contributed by atoms with van der Waals surface area (Å²) in [4.78, 5) is 10.4. The van der Waals surface area contributed by atoms with E-state index in [1.165, 1.54) is 7.11 Å². The van der Waals surface area contributed by atoms with Gasteiger partial charge in [-0.25, -0.2) is 4.79 Å². The van der Waals surface area contributed by atoms with E-state index >= 15 is 0 Å². The van der Waals surface area contributed by atoms with Crippen LogP contribution in [0.3, 0.4) is 0 Å². The molecule has 3 heteroatoms. The van der Waals surface area contributed by atoms with Crippen LogP contribution in [-0.2, 0) is 4.74 Å². The largest absolute Gasteiger partial charge is 0.453 e. The van der Waals surface area contributed by atoms with Gasteiger partial charge in [0.05, 0.1) is 7.11 Å². The van der Waals surface area contributed by atoms with Crippen molar-refractivity contribution in [1.82, 2.24) is 5.32 Å². The predicted molar refractivity (Wildman–Crippen MR) is 39.8 cm³/mol. The van der Waals surface area contributed by atoms with E-state index in [-0.39, 0.29) is 6.09 Å². The van der Waals surface area contributed by atoms with E-state index in [1.807, 2.05) is 6.08 Å². The Morgan fingerprint density at radius 1 is 1.80 bits per heavy atom. The monoisotopic (exact) mass is 143 g/mol. The summed E-state index contributed by atoms with van der Waals surface area (Å²) < 4.78 is 4.35. The van der Waals surface area contributed by atoms with Crippen molar-refractivity contribution < 1.29 is 9.53 Å². The van der Waals surface area contributed by atoms with E-state index in [2.05, 4.69) is 16.6 Å². The van der Waals surface area contributed by atoms with Gasteiger partial charge in [-0.1, -0.05) is 6.08 Å². The Balaban J connectivity index is 3.03. The van der Waals surface area contributed by atoms with E-state index in [4.69, 9.17) is 0 Å². The smallest absolute Gasteiger partial charge is 0.406 e. The average molecular weight is 143 g/mol. The molecule has 0 aliphatic rings. The van der Waals surface area contributed by atoms with Crippen LogP contribution in [-0.4, -0.2) is 19.7 Å². The van der Waals surface area contributed by atoms with E-state index in [0.29, 0.717) is 6.54 Å². The molecule has 0 aromatic rings. The Bertz CT molecular complexity index is 112. The molecule has 10 heavy (non-hydrogen) atoms. The van der Waals surface area contributed by atoms with Gasteiger partial charge in [0.1, 0.15) is 0 Å². The maximum Gasteiger partial charge on any atom is 0.406 e. The van der Waals surface area contributed by atoms with Gasteiger partial charge < -0.3 is 10.1 Å². The minimum absolute atomic E-state index is 0.371. The summed E-state index contributed by atoms with van der Waals surface area (Å²) in [6, 6.07) is 0. The van der Waals surface area contributed by atoms with Gasteiger partial charge in [-0.3, -0.25) is 0 Å². The summed E-state index contributed by atoms with van der Waals surface area (Å²) in [6.07, 6.45) is 3.28. The van der Waals surface area contributed by atoms with Crippen LogP contribution in [0.2, 0.25) is 0 Å². The highest BCUT2D eigenvalue weighted by Gasteiger charge is 1.93. The van der Waals surface area contributed by atoms with Gasteiger partial charge in [0.2, 0.25) is 0 Å². The van der Waals surface area contributed by atoms with Crippen LogP contribution in [0.15, 0.2) is 12.7 Å². The lowest BCUT2D eigenvalue weighted by Gasteiger charge is -2.00. The zero-order valence-corrected chi connectivity index (χ0v) is 6.22. The van der Waals surface area contributed by atoms with Gasteiger partial charge >= 0.3 is 6.09 Å². The molecule has 1 N–H and O–H groups in total. The molecule has 0 aliphatic carbocycles. The van der Waals surface area contributed by atoms with Crippen molar-refractivity contribution in [3.63, 3.8) is 0 Å². The second-order valence-electron chi connectivity index (χ2n) is 1.85. The van der Waals surface area contributed by atoms with Crippen LogP contribution in [0, 0.1) is 0 Å². The van der Waals surface area contributed by atoms with Crippen molar-refractivity contribution in [2.24, 2.45) is 0 Å². The fourth-order valence-electron chi connectivity index (χ4n) is 0.509. The number of nitrogens with one attached hydrogen (secondary N) is 1. The zero-order chi connectivity index (χ0) is 7.82. The second kappa shape index (κ2) is 6.13. The lowest BCUT2D eigenvalue weighted by atomic mass is 10.3. The van der Waals surface area contributed by atoms with Crippen molar-refractivity contribution >= 4 is 6.09 Å². The number of rotatable bonds is 4. The molecule has 0 rings (SSSR count). The summed E-state index contributed by atoms with van der Waals surface area (Å²) in [5.74, 6) is 0. The van der Waals surface area contributed by atoms with Crippen LogP contribution in [0.5, 0.6) is 0 Å². The van der Waals surface area contributed by atoms with Crippen LogP contribution < -0.4 is 5.32 Å². The number of methoxy groups -OCH3 is 1. The Morgan fingerprint density at radius 2 is 2.50 bits per heavy atom. The van der Waals surface area contributed by atoms with E-state index in [0.717, 1.165) is 12.8 Å². The number of hydrogen-bond donors (Lipinski definition) is 1. The predicted octanol–water partition coefficient (Wildman–Crippen LogP) is 1.31. The lowest BCUT2D eigenvalue weighted by molar-refractivity contribution is 0.171. The van der Waals surface area contributed by atoms with Gasteiger partial charge in [0.25, 0.3) is 0 Å². The van der Waals surface area contributed by atoms with E-state index < -0.39 is 0 Å². The minimum atomic E-state index is -0.371. The summed E-state index contributed by atoms with van der Waals surface area (Å²) in [5, 5.41) is 2.56. The molecule has 0 bridgehead atoms. The number of carbonyl (C=O) groups excluding carboxylic acids is 1. The Hall–Kier alpha value is -0.990. The summed E-state index contributed by atoms with van der Waals surface area (Å²) in [5.41, 5.74) is 0. The topological polar surface area (TPSA) is 38.3 Å². The highest BCUT2D eigenvalue weighted by Crippen LogP contribution is 1.85. The number of carbonyl (C=O) groups is 1. The first-order chi connectivity index (χ1) is 4.81. The van der Waals surface area contributed by atoms with E-state index in [1.54, 1.807) is 0 Å². The van der Waals surface area contributed by atoms with Gasteiger partial charge in [0, 0.05) is 6.54 Å². The quantitative estimate of drug-likeness (QED) is 0.476. The van der Waals surface area contributed by atoms with Crippen LogP contribution in [0.4, 0.5) is 4.79 Å². The maximum atomic E-state index is 10.4. The fourth-order valence-corrected chi connectivity index (χ4v) is 0.509. The molecule has 0 saturated carbocycles. The highest BCUT2D eigenvalue weighted by molar-refractivity contribution is 5.66. The first-order valence-corrected chi connectivity index (χ1v) is 3.24. The SMILES string of the molecule is C=CCCCNC(=O)OC. The van der Waals surface area contributed by atoms with Crippen LogP contribution in [0.1, 0.15) is 12.8 Å². The summed E-state index contributed by atoms with van der Waals surface area (Å²) >= 11 is 0. The van der Waals surface area contributed by atoms with Gasteiger partial charge in [-0.15, -0.1) is 6.58 Å². The molecule has 0 saturated heterocycles. The Morgan fingerprint density at radius 3 is 3.00 bits per heavy atom. The van der Waals surface area contributed by atoms with Crippen molar-refractivity contribution in [3.8, 4) is 0 Å². The number of allylic oxidation sites excluding steroid dienone is 1. The molecule has 0 aromatic carbocycles. The summed E-state index contributed by atoms with van der Waals surface area (Å²) in [7, 11) is 1.35. The Labute approximate surface area is 61.1 Å². The average Bonchev–Trinajstić information content (AvgIpc) is 1.98. The summed E-state index contributed by atoms with van der Waals surface area (Å²) in [6.45, 7) is 4.21. The molecule has 1 amide bonds. The lowest BCUT2D eigenvalue weighted by Crippen LogP contribution is -2.23.